The van der Waals surface area contributed by atoms with Crippen LogP contribution in [0.15, 0.2) is 79.8 Å². The van der Waals surface area contributed by atoms with Crippen LogP contribution >= 0.6 is 0 Å². The Morgan fingerprint density at radius 1 is 1.02 bits per heavy atom. The van der Waals surface area contributed by atoms with Gasteiger partial charge in [-0.15, -0.1) is 0 Å². The maximum Gasteiger partial charge on any atom is 0.259 e. The highest BCUT2D eigenvalue weighted by Crippen LogP contribution is 2.29. The van der Waals surface area contributed by atoms with Gasteiger partial charge in [0.2, 0.25) is 5.95 Å². The lowest BCUT2D eigenvalue weighted by Crippen LogP contribution is -2.44. The van der Waals surface area contributed by atoms with E-state index in [1.54, 1.807) is 35.2 Å². The SMILES string of the molecule is CN1CCN(c2ccc(CNc3ncc4c(-c5ccn6ncc(C(=O)Nc7cccnc7)c6c5)c[nH]c4n3)cn2)CC1. The van der Waals surface area contributed by atoms with Crippen molar-refractivity contribution < 1.29 is 4.79 Å². The molecule has 12 nitrogen and oxygen atoms in total. The maximum absolute atomic E-state index is 13.0. The van der Waals surface area contributed by atoms with Gasteiger partial charge in [0.05, 0.1) is 29.2 Å². The molecule has 42 heavy (non-hydrogen) atoms. The van der Waals surface area contributed by atoms with Crippen LogP contribution in [0.2, 0.25) is 0 Å². The van der Waals surface area contributed by atoms with Crippen LogP contribution < -0.4 is 15.5 Å². The van der Waals surface area contributed by atoms with Crippen molar-refractivity contribution in [2.45, 2.75) is 6.54 Å². The highest BCUT2D eigenvalue weighted by Gasteiger charge is 2.17. The number of carbonyl (C=O) groups excluding carboxylic acids is 1. The summed E-state index contributed by atoms with van der Waals surface area (Å²) >= 11 is 0. The van der Waals surface area contributed by atoms with Crippen molar-refractivity contribution in [3.63, 3.8) is 0 Å². The average Bonchev–Trinajstić information content (AvgIpc) is 3.65. The number of anilines is 3. The van der Waals surface area contributed by atoms with Gasteiger partial charge in [0.15, 0.2) is 0 Å². The molecule has 1 fully saturated rings. The van der Waals surface area contributed by atoms with E-state index in [0.29, 0.717) is 34.9 Å². The second kappa shape index (κ2) is 10.9. The predicted molar refractivity (Wildman–Crippen MR) is 162 cm³/mol. The third-order valence-electron chi connectivity index (χ3n) is 7.52. The van der Waals surface area contributed by atoms with Crippen LogP contribution in [0.25, 0.3) is 27.7 Å². The number of nitrogens with zero attached hydrogens (tertiary/aromatic N) is 8. The van der Waals surface area contributed by atoms with E-state index in [0.717, 1.165) is 54.1 Å². The highest BCUT2D eigenvalue weighted by molar-refractivity contribution is 6.09. The Morgan fingerprint density at radius 2 is 1.93 bits per heavy atom. The number of aromatic nitrogens is 7. The Morgan fingerprint density at radius 3 is 2.74 bits per heavy atom. The Kier molecular flexibility index (Phi) is 6.64. The third kappa shape index (κ3) is 5.10. The zero-order valence-electron chi connectivity index (χ0n) is 23.0. The lowest BCUT2D eigenvalue weighted by molar-refractivity contribution is 0.102. The monoisotopic (exact) mass is 559 g/mol. The zero-order valence-corrected chi connectivity index (χ0v) is 23.0. The molecule has 12 heteroatoms. The minimum absolute atomic E-state index is 0.253. The molecule has 0 atom stereocenters. The summed E-state index contributed by atoms with van der Waals surface area (Å²) < 4.78 is 1.68. The van der Waals surface area contributed by atoms with Gasteiger partial charge in [-0.1, -0.05) is 6.07 Å². The van der Waals surface area contributed by atoms with Crippen LogP contribution in [0.1, 0.15) is 15.9 Å². The van der Waals surface area contributed by atoms with Crippen LogP contribution in [0.5, 0.6) is 0 Å². The number of nitrogens with one attached hydrogen (secondary N) is 3. The normalized spacial score (nSPS) is 14.0. The Hall–Kier alpha value is -5.36. The van der Waals surface area contributed by atoms with E-state index in [4.69, 9.17) is 0 Å². The van der Waals surface area contributed by atoms with Crippen molar-refractivity contribution in [3.05, 3.63) is 90.9 Å². The highest BCUT2D eigenvalue weighted by atomic mass is 16.1. The molecule has 0 aliphatic carbocycles. The van der Waals surface area contributed by atoms with Gasteiger partial charge in [0, 0.05) is 74.7 Å². The first-order chi connectivity index (χ1) is 20.6. The first-order valence-electron chi connectivity index (χ1n) is 13.8. The molecule has 3 N–H and O–H groups in total. The number of fused-ring (bicyclic) bond motifs is 2. The summed E-state index contributed by atoms with van der Waals surface area (Å²) in [6.07, 6.45) is 12.3. The van der Waals surface area contributed by atoms with Crippen LogP contribution in [0.3, 0.4) is 0 Å². The Bertz CT molecular complexity index is 1860. The molecule has 1 saturated heterocycles. The average molecular weight is 560 g/mol. The molecule has 0 unspecified atom stereocenters. The third-order valence-corrected chi connectivity index (χ3v) is 7.52. The molecule has 6 aromatic heterocycles. The lowest BCUT2D eigenvalue weighted by atomic mass is 10.1. The van der Waals surface area contributed by atoms with Crippen molar-refractivity contribution in [3.8, 4) is 11.1 Å². The molecule has 0 spiro atoms. The van der Waals surface area contributed by atoms with Crippen molar-refractivity contribution in [2.24, 2.45) is 0 Å². The maximum atomic E-state index is 13.0. The molecule has 6 aromatic rings. The summed E-state index contributed by atoms with van der Waals surface area (Å²) in [5, 5.41) is 11.4. The minimum Gasteiger partial charge on any atom is -0.354 e. The molecule has 1 aliphatic rings. The van der Waals surface area contributed by atoms with Gasteiger partial charge in [0.1, 0.15) is 11.5 Å². The van der Waals surface area contributed by atoms with Crippen LogP contribution in [0, 0.1) is 0 Å². The fourth-order valence-electron chi connectivity index (χ4n) is 5.11. The molecule has 1 aliphatic heterocycles. The molecule has 0 aromatic carbocycles. The van der Waals surface area contributed by atoms with Crippen LogP contribution in [0.4, 0.5) is 17.5 Å². The summed E-state index contributed by atoms with van der Waals surface area (Å²) in [6.45, 7) is 4.65. The molecule has 0 saturated carbocycles. The second-order valence-electron chi connectivity index (χ2n) is 10.3. The van der Waals surface area contributed by atoms with Gasteiger partial charge in [-0.25, -0.2) is 14.5 Å². The number of hydrogen-bond acceptors (Lipinski definition) is 9. The van der Waals surface area contributed by atoms with Gasteiger partial charge >= 0.3 is 0 Å². The second-order valence-corrected chi connectivity index (χ2v) is 10.3. The van der Waals surface area contributed by atoms with E-state index in [1.165, 1.54) is 0 Å². The number of piperazine rings is 1. The standard InChI is InChI=1S/C30H29N11O/c1-39-9-11-40(12-10-39)27-5-4-20(14-32-27)15-34-30-35-18-24-23(17-33-28(24)38-30)21-6-8-41-26(13-21)25(19-36-41)29(42)37-22-3-2-7-31-16-22/h2-8,13-14,16-19H,9-12,15H2,1H3,(H,37,42)(H2,33,34,35,38). The number of likely N-dealkylation sites (N-methyl/N-ethyl adjacent to an activating group) is 1. The quantitative estimate of drug-likeness (QED) is 0.268. The molecule has 7 rings (SSSR count). The summed E-state index contributed by atoms with van der Waals surface area (Å²) in [4.78, 5) is 38.8. The molecule has 0 bridgehead atoms. The summed E-state index contributed by atoms with van der Waals surface area (Å²) in [6, 6.07) is 11.6. The van der Waals surface area contributed by atoms with E-state index in [2.05, 4.69) is 69.6 Å². The van der Waals surface area contributed by atoms with E-state index in [9.17, 15) is 4.79 Å². The topological polar surface area (TPSA) is 132 Å². The van der Waals surface area contributed by atoms with Gasteiger partial charge in [-0.05, 0) is 48.5 Å². The molecular formula is C30H29N11O. The number of carbonyl (C=O) groups is 1. The van der Waals surface area contributed by atoms with Crippen molar-refractivity contribution in [1.82, 2.24) is 39.4 Å². The zero-order chi connectivity index (χ0) is 28.5. The van der Waals surface area contributed by atoms with Gasteiger partial charge < -0.3 is 25.4 Å². The number of aromatic amines is 1. The number of hydrogen-bond donors (Lipinski definition) is 3. The molecule has 7 heterocycles. The van der Waals surface area contributed by atoms with Gasteiger partial charge in [-0.3, -0.25) is 9.78 Å². The summed E-state index contributed by atoms with van der Waals surface area (Å²) in [5.41, 5.74) is 5.40. The summed E-state index contributed by atoms with van der Waals surface area (Å²) in [5.74, 6) is 1.29. The van der Waals surface area contributed by atoms with Crippen LogP contribution in [-0.2, 0) is 6.54 Å². The number of pyridine rings is 3. The van der Waals surface area contributed by atoms with Gasteiger partial charge in [-0.2, -0.15) is 10.1 Å². The fraction of sp³-hybridized carbons (Fsp3) is 0.200. The molecule has 1 amide bonds. The van der Waals surface area contributed by atoms with Gasteiger partial charge in [0.25, 0.3) is 5.91 Å². The predicted octanol–water partition coefficient (Wildman–Crippen LogP) is 3.68. The Balaban J connectivity index is 1.06. The van der Waals surface area contributed by atoms with Crippen LogP contribution in [-0.4, -0.2) is 78.6 Å². The van der Waals surface area contributed by atoms with Crippen molar-refractivity contribution >= 4 is 39.9 Å². The first kappa shape index (κ1) is 25.6. The number of amides is 1. The van der Waals surface area contributed by atoms with Crippen molar-refractivity contribution in [1.29, 1.82) is 0 Å². The molecular weight excluding hydrogens is 530 g/mol. The lowest BCUT2D eigenvalue weighted by Gasteiger charge is -2.33. The van der Waals surface area contributed by atoms with E-state index in [1.807, 2.05) is 36.9 Å². The first-order valence-corrected chi connectivity index (χ1v) is 13.8. The van der Waals surface area contributed by atoms with E-state index >= 15 is 0 Å². The van der Waals surface area contributed by atoms with Crippen molar-refractivity contribution in [2.75, 3.05) is 48.8 Å². The number of H-pyrrole nitrogens is 1. The minimum atomic E-state index is -0.253. The largest absolute Gasteiger partial charge is 0.354 e. The summed E-state index contributed by atoms with van der Waals surface area (Å²) in [7, 11) is 2.15. The number of rotatable bonds is 7. The van der Waals surface area contributed by atoms with E-state index in [-0.39, 0.29) is 5.91 Å². The molecule has 0 radical (unpaired) electrons. The fourth-order valence-corrected chi connectivity index (χ4v) is 5.11. The Labute approximate surface area is 241 Å². The molecule has 210 valence electrons. The van der Waals surface area contributed by atoms with E-state index < -0.39 is 0 Å². The smallest absolute Gasteiger partial charge is 0.259 e.